The minimum absolute atomic E-state index is 0.0518. The first kappa shape index (κ1) is 19.8. The Hall–Kier alpha value is -3.15. The van der Waals surface area contributed by atoms with E-state index < -0.39 is 0 Å². The lowest BCUT2D eigenvalue weighted by Gasteiger charge is -2.32. The molecule has 0 saturated carbocycles. The maximum atomic E-state index is 13.2. The van der Waals surface area contributed by atoms with Gasteiger partial charge < -0.3 is 4.74 Å². The van der Waals surface area contributed by atoms with Crippen molar-refractivity contribution in [3.05, 3.63) is 107 Å². The lowest BCUT2D eigenvalue weighted by Crippen LogP contribution is -2.38. The molecule has 1 atom stereocenters. The molecule has 0 N–H and O–H groups in total. The van der Waals surface area contributed by atoms with Crippen molar-refractivity contribution in [2.24, 2.45) is 0 Å². The Balaban J connectivity index is 1.27. The van der Waals surface area contributed by atoms with Gasteiger partial charge in [0.1, 0.15) is 11.9 Å². The van der Waals surface area contributed by atoms with Gasteiger partial charge in [0, 0.05) is 43.3 Å². The average molecular weight is 413 g/mol. The number of benzene rings is 2. The van der Waals surface area contributed by atoms with E-state index >= 15 is 0 Å². The fourth-order valence-corrected chi connectivity index (χ4v) is 4.09. The maximum Gasteiger partial charge on any atom is 0.123 e. The Kier molecular flexibility index (Phi) is 5.69. The topological polar surface area (TPSA) is 38.2 Å². The van der Waals surface area contributed by atoms with E-state index in [-0.39, 0.29) is 11.9 Å². The van der Waals surface area contributed by atoms with Crippen molar-refractivity contribution in [1.82, 2.24) is 14.9 Å². The molecule has 1 saturated heterocycles. The van der Waals surface area contributed by atoms with Crippen molar-refractivity contribution in [1.29, 1.82) is 0 Å². The predicted octanol–water partition coefficient (Wildman–Crippen LogP) is 4.93. The van der Waals surface area contributed by atoms with E-state index in [1.54, 1.807) is 0 Å². The molecule has 31 heavy (non-hydrogen) atoms. The minimum Gasteiger partial charge on any atom is -0.369 e. The average Bonchev–Trinajstić information content (AvgIpc) is 2.81. The number of nitrogens with zero attached hydrogens (tertiary/aromatic N) is 3. The van der Waals surface area contributed by atoms with Crippen LogP contribution in [0.4, 0.5) is 4.39 Å². The Bertz CT molecular complexity index is 1180. The molecule has 3 heterocycles. The molecule has 5 heteroatoms. The first-order chi connectivity index (χ1) is 15.2. The third-order valence-electron chi connectivity index (χ3n) is 5.68. The molecule has 4 aromatic rings. The smallest absolute Gasteiger partial charge is 0.123 e. The highest BCUT2D eigenvalue weighted by atomic mass is 19.1. The molecule has 0 amide bonds. The molecule has 2 aromatic heterocycles. The molecule has 0 bridgehead atoms. The zero-order chi connectivity index (χ0) is 21.0. The van der Waals surface area contributed by atoms with Crippen LogP contribution in [0.15, 0.2) is 79.0 Å². The Morgan fingerprint density at radius 3 is 2.74 bits per heavy atom. The Labute approximate surface area is 181 Å². The third-order valence-corrected chi connectivity index (χ3v) is 5.68. The monoisotopic (exact) mass is 413 g/mol. The van der Waals surface area contributed by atoms with E-state index in [4.69, 9.17) is 9.72 Å². The van der Waals surface area contributed by atoms with E-state index in [9.17, 15) is 4.39 Å². The van der Waals surface area contributed by atoms with Gasteiger partial charge in [-0.25, -0.2) is 4.39 Å². The summed E-state index contributed by atoms with van der Waals surface area (Å²) in [4.78, 5) is 11.7. The molecular weight excluding hydrogens is 389 g/mol. The SMILES string of the molecule is Fc1ccc(Cc2cccc([C@@H]3CN(Cc4ccc5ncccc5c4)CCO3)n2)cc1. The summed E-state index contributed by atoms with van der Waals surface area (Å²) in [5.74, 6) is -0.219. The number of rotatable bonds is 5. The summed E-state index contributed by atoms with van der Waals surface area (Å²) in [6.45, 7) is 3.26. The lowest BCUT2D eigenvalue weighted by molar-refractivity contribution is -0.0350. The van der Waals surface area contributed by atoms with Crippen LogP contribution in [0.25, 0.3) is 10.9 Å². The zero-order valence-corrected chi connectivity index (χ0v) is 17.2. The van der Waals surface area contributed by atoms with Crippen molar-refractivity contribution in [2.75, 3.05) is 19.7 Å². The van der Waals surface area contributed by atoms with Crippen LogP contribution >= 0.6 is 0 Å². The summed E-state index contributed by atoms with van der Waals surface area (Å²) in [5, 5.41) is 1.17. The van der Waals surface area contributed by atoms with Crippen molar-refractivity contribution >= 4 is 10.9 Å². The highest BCUT2D eigenvalue weighted by Crippen LogP contribution is 2.23. The largest absolute Gasteiger partial charge is 0.369 e. The summed E-state index contributed by atoms with van der Waals surface area (Å²) in [5.41, 5.74) is 5.26. The summed E-state index contributed by atoms with van der Waals surface area (Å²) < 4.78 is 19.2. The zero-order valence-electron chi connectivity index (χ0n) is 17.2. The van der Waals surface area contributed by atoms with Crippen molar-refractivity contribution in [2.45, 2.75) is 19.1 Å². The second kappa shape index (κ2) is 8.92. The molecule has 4 nitrogen and oxygen atoms in total. The van der Waals surface area contributed by atoms with Gasteiger partial charge in [-0.05, 0) is 53.6 Å². The molecule has 1 aliphatic heterocycles. The van der Waals surface area contributed by atoms with E-state index in [1.165, 1.54) is 23.1 Å². The molecule has 0 aliphatic carbocycles. The quantitative estimate of drug-likeness (QED) is 0.465. The van der Waals surface area contributed by atoms with Crippen molar-refractivity contribution in [3.63, 3.8) is 0 Å². The van der Waals surface area contributed by atoms with Gasteiger partial charge in [0.2, 0.25) is 0 Å². The van der Waals surface area contributed by atoms with E-state index in [0.717, 1.165) is 42.1 Å². The molecule has 0 spiro atoms. The lowest BCUT2D eigenvalue weighted by atomic mass is 10.1. The maximum absolute atomic E-state index is 13.2. The number of hydrogen-bond donors (Lipinski definition) is 0. The molecule has 5 rings (SSSR count). The van der Waals surface area contributed by atoms with Crippen LogP contribution in [0.5, 0.6) is 0 Å². The predicted molar refractivity (Wildman–Crippen MR) is 119 cm³/mol. The van der Waals surface area contributed by atoms with Gasteiger partial charge in [0.05, 0.1) is 17.8 Å². The van der Waals surface area contributed by atoms with Gasteiger partial charge in [-0.1, -0.05) is 30.3 Å². The first-order valence-electron chi connectivity index (χ1n) is 10.6. The number of ether oxygens (including phenoxy) is 1. The number of morpholine rings is 1. The second-order valence-electron chi connectivity index (χ2n) is 7.98. The minimum atomic E-state index is -0.219. The standard InChI is InChI=1S/C26H24FN3O/c27-22-9-6-19(7-10-22)16-23-4-1-5-25(29-23)26-18-30(13-14-31-26)17-20-8-11-24-21(15-20)3-2-12-28-24/h1-12,15,26H,13-14,16-18H2/t26-/m0/s1. The molecule has 2 aromatic carbocycles. The molecule has 156 valence electrons. The Morgan fingerprint density at radius 2 is 1.84 bits per heavy atom. The van der Waals surface area contributed by atoms with Crippen LogP contribution in [-0.4, -0.2) is 34.6 Å². The molecule has 0 radical (unpaired) electrons. The summed E-state index contributed by atoms with van der Waals surface area (Å²) in [6.07, 6.45) is 2.45. The molecule has 1 aliphatic rings. The Morgan fingerprint density at radius 1 is 0.968 bits per heavy atom. The van der Waals surface area contributed by atoms with Gasteiger partial charge in [-0.2, -0.15) is 0 Å². The van der Waals surface area contributed by atoms with Gasteiger partial charge in [0.25, 0.3) is 0 Å². The number of halogens is 1. The van der Waals surface area contributed by atoms with Crippen LogP contribution in [0.1, 0.15) is 28.6 Å². The number of fused-ring (bicyclic) bond motifs is 1. The number of pyridine rings is 2. The van der Waals surface area contributed by atoms with Crippen molar-refractivity contribution in [3.8, 4) is 0 Å². The van der Waals surface area contributed by atoms with Crippen LogP contribution in [0, 0.1) is 5.82 Å². The van der Waals surface area contributed by atoms with Crippen LogP contribution < -0.4 is 0 Å². The van der Waals surface area contributed by atoms with Crippen LogP contribution in [-0.2, 0) is 17.7 Å². The van der Waals surface area contributed by atoms with Crippen LogP contribution in [0.2, 0.25) is 0 Å². The summed E-state index contributed by atoms with van der Waals surface area (Å²) >= 11 is 0. The second-order valence-corrected chi connectivity index (χ2v) is 7.98. The first-order valence-corrected chi connectivity index (χ1v) is 10.6. The summed E-state index contributed by atoms with van der Waals surface area (Å²) in [6, 6.07) is 23.2. The number of aromatic nitrogens is 2. The number of hydrogen-bond acceptors (Lipinski definition) is 4. The van der Waals surface area contributed by atoms with Crippen LogP contribution in [0.3, 0.4) is 0 Å². The fraction of sp³-hybridized carbons (Fsp3) is 0.231. The van der Waals surface area contributed by atoms with E-state index in [2.05, 4.69) is 34.1 Å². The normalized spacial score (nSPS) is 17.1. The highest BCUT2D eigenvalue weighted by Gasteiger charge is 2.23. The third kappa shape index (κ3) is 4.79. The molecular formula is C26H24FN3O. The van der Waals surface area contributed by atoms with Crippen molar-refractivity contribution < 1.29 is 9.13 Å². The van der Waals surface area contributed by atoms with E-state index in [0.29, 0.717) is 13.0 Å². The van der Waals surface area contributed by atoms with Gasteiger partial charge >= 0.3 is 0 Å². The highest BCUT2D eigenvalue weighted by molar-refractivity contribution is 5.78. The summed E-state index contributed by atoms with van der Waals surface area (Å²) in [7, 11) is 0. The van der Waals surface area contributed by atoms with Gasteiger partial charge in [0.15, 0.2) is 0 Å². The van der Waals surface area contributed by atoms with Gasteiger partial charge in [-0.15, -0.1) is 0 Å². The molecule has 0 unspecified atom stereocenters. The fourth-order valence-electron chi connectivity index (χ4n) is 4.09. The molecule has 1 fully saturated rings. The van der Waals surface area contributed by atoms with E-state index in [1.807, 2.05) is 42.6 Å². The van der Waals surface area contributed by atoms with Gasteiger partial charge in [-0.3, -0.25) is 14.9 Å².